The highest BCUT2D eigenvalue weighted by atomic mass is 35.5. The summed E-state index contributed by atoms with van der Waals surface area (Å²) >= 11 is 6.06. The van der Waals surface area contributed by atoms with Crippen molar-refractivity contribution in [1.29, 1.82) is 0 Å². The zero-order valence-corrected chi connectivity index (χ0v) is 9.69. The van der Waals surface area contributed by atoms with Gasteiger partial charge in [-0.05, 0) is 31.5 Å². The molecule has 0 aliphatic carbocycles. The molecule has 16 heavy (non-hydrogen) atoms. The zero-order chi connectivity index (χ0) is 11.7. The number of aromatic nitrogens is 2. The molecule has 0 fully saturated rings. The average molecular weight is 239 g/mol. The maximum absolute atomic E-state index is 9.28. The van der Waals surface area contributed by atoms with Crippen molar-refractivity contribution < 1.29 is 9.63 Å². The Morgan fingerprint density at radius 2 is 2.19 bits per heavy atom. The van der Waals surface area contributed by atoms with E-state index in [2.05, 4.69) is 10.1 Å². The summed E-state index contributed by atoms with van der Waals surface area (Å²) in [5, 5.41) is 13.5. The molecule has 0 saturated carbocycles. The highest BCUT2D eigenvalue weighted by molar-refractivity contribution is 6.33. The van der Waals surface area contributed by atoms with Gasteiger partial charge in [0.1, 0.15) is 6.10 Å². The monoisotopic (exact) mass is 238 g/mol. The number of hydrogen-bond acceptors (Lipinski definition) is 4. The fraction of sp³-hybridized carbons (Fsp3) is 0.273. The van der Waals surface area contributed by atoms with E-state index >= 15 is 0 Å². The van der Waals surface area contributed by atoms with Crippen LogP contribution in [-0.2, 0) is 0 Å². The van der Waals surface area contributed by atoms with Crippen LogP contribution in [0.25, 0.3) is 11.5 Å². The van der Waals surface area contributed by atoms with Gasteiger partial charge in [-0.25, -0.2) is 0 Å². The lowest BCUT2D eigenvalue weighted by Crippen LogP contribution is -1.93. The van der Waals surface area contributed by atoms with E-state index in [0.29, 0.717) is 16.5 Å². The molecule has 0 spiro atoms. The van der Waals surface area contributed by atoms with Crippen molar-refractivity contribution in [1.82, 2.24) is 10.1 Å². The molecule has 4 nitrogen and oxygen atoms in total. The Bertz CT molecular complexity index is 508. The zero-order valence-electron chi connectivity index (χ0n) is 8.94. The molecule has 1 heterocycles. The first-order valence-electron chi connectivity index (χ1n) is 4.86. The van der Waals surface area contributed by atoms with Crippen LogP contribution in [0.2, 0.25) is 5.02 Å². The van der Waals surface area contributed by atoms with Crippen molar-refractivity contribution in [3.8, 4) is 11.5 Å². The van der Waals surface area contributed by atoms with Gasteiger partial charge in [0.05, 0.1) is 10.6 Å². The summed E-state index contributed by atoms with van der Waals surface area (Å²) in [5.41, 5.74) is 1.73. The third-order valence-electron chi connectivity index (χ3n) is 2.17. The van der Waals surface area contributed by atoms with Gasteiger partial charge in [-0.2, -0.15) is 4.98 Å². The van der Waals surface area contributed by atoms with Crippen LogP contribution in [0, 0.1) is 6.92 Å². The first-order valence-corrected chi connectivity index (χ1v) is 5.24. The lowest BCUT2D eigenvalue weighted by molar-refractivity contribution is 0.184. The van der Waals surface area contributed by atoms with E-state index in [1.54, 1.807) is 6.92 Å². The third kappa shape index (κ3) is 2.08. The van der Waals surface area contributed by atoms with Gasteiger partial charge in [0.2, 0.25) is 0 Å². The minimum Gasteiger partial charge on any atom is -0.385 e. The van der Waals surface area contributed by atoms with Gasteiger partial charge in [-0.3, -0.25) is 0 Å². The SMILES string of the molecule is Cc1ccc(-c2nc(C(C)O)no2)c(Cl)c1. The first kappa shape index (κ1) is 11.1. The van der Waals surface area contributed by atoms with Gasteiger partial charge in [-0.1, -0.05) is 22.8 Å². The van der Waals surface area contributed by atoms with Crippen LogP contribution in [-0.4, -0.2) is 15.2 Å². The molecule has 2 aromatic rings. The largest absolute Gasteiger partial charge is 0.385 e. The molecule has 0 aliphatic heterocycles. The second-order valence-corrected chi connectivity index (χ2v) is 4.02. The van der Waals surface area contributed by atoms with Crippen LogP contribution >= 0.6 is 11.6 Å². The molecule has 0 amide bonds. The van der Waals surface area contributed by atoms with Gasteiger partial charge >= 0.3 is 0 Å². The number of hydrogen-bond donors (Lipinski definition) is 1. The van der Waals surface area contributed by atoms with Gasteiger partial charge < -0.3 is 9.63 Å². The molecule has 0 saturated heterocycles. The standard InChI is InChI=1S/C11H11ClN2O2/c1-6-3-4-8(9(12)5-6)11-13-10(7(2)15)14-16-11/h3-5,7,15H,1-2H3. The van der Waals surface area contributed by atoms with E-state index in [9.17, 15) is 5.11 Å². The van der Waals surface area contributed by atoms with E-state index < -0.39 is 6.10 Å². The Balaban J connectivity index is 2.42. The number of nitrogens with zero attached hydrogens (tertiary/aromatic N) is 2. The van der Waals surface area contributed by atoms with Crippen LogP contribution in [0.3, 0.4) is 0 Å². The summed E-state index contributed by atoms with van der Waals surface area (Å²) in [6.07, 6.45) is -0.748. The summed E-state index contributed by atoms with van der Waals surface area (Å²) in [4.78, 5) is 4.06. The molecular weight excluding hydrogens is 228 g/mol. The van der Waals surface area contributed by atoms with E-state index in [4.69, 9.17) is 16.1 Å². The summed E-state index contributed by atoms with van der Waals surface area (Å²) in [6.45, 7) is 3.52. The number of aryl methyl sites for hydroxylation is 1. The van der Waals surface area contributed by atoms with Crippen LogP contribution < -0.4 is 0 Å². The number of rotatable bonds is 2. The molecule has 1 unspecified atom stereocenters. The highest BCUT2D eigenvalue weighted by Gasteiger charge is 2.14. The summed E-state index contributed by atoms with van der Waals surface area (Å²) < 4.78 is 5.03. The highest BCUT2D eigenvalue weighted by Crippen LogP contribution is 2.27. The molecule has 1 aromatic heterocycles. The van der Waals surface area contributed by atoms with Crippen LogP contribution in [0.15, 0.2) is 22.7 Å². The molecule has 0 radical (unpaired) electrons. The van der Waals surface area contributed by atoms with Crippen LogP contribution in [0.5, 0.6) is 0 Å². The quantitative estimate of drug-likeness (QED) is 0.874. The van der Waals surface area contributed by atoms with Crippen molar-refractivity contribution in [3.05, 3.63) is 34.6 Å². The van der Waals surface area contributed by atoms with Crippen LogP contribution in [0.1, 0.15) is 24.4 Å². The van der Waals surface area contributed by atoms with Crippen molar-refractivity contribution in [2.24, 2.45) is 0 Å². The van der Waals surface area contributed by atoms with E-state index in [1.807, 2.05) is 25.1 Å². The molecule has 2 rings (SSSR count). The second kappa shape index (κ2) is 4.23. The fourth-order valence-electron chi connectivity index (χ4n) is 1.31. The summed E-state index contributed by atoms with van der Waals surface area (Å²) in [5.74, 6) is 0.576. The van der Waals surface area contributed by atoms with Gasteiger partial charge in [0.15, 0.2) is 5.82 Å². The maximum atomic E-state index is 9.28. The maximum Gasteiger partial charge on any atom is 0.259 e. The first-order chi connectivity index (χ1) is 7.58. The second-order valence-electron chi connectivity index (χ2n) is 3.62. The van der Waals surface area contributed by atoms with Gasteiger partial charge in [0, 0.05) is 0 Å². The summed E-state index contributed by atoms with van der Waals surface area (Å²) in [7, 11) is 0. The Morgan fingerprint density at radius 1 is 1.44 bits per heavy atom. The number of aliphatic hydroxyl groups is 1. The van der Waals surface area contributed by atoms with E-state index in [-0.39, 0.29) is 5.82 Å². The fourth-order valence-corrected chi connectivity index (χ4v) is 1.62. The van der Waals surface area contributed by atoms with Crippen molar-refractivity contribution >= 4 is 11.6 Å². The predicted octanol–water partition coefficient (Wildman–Crippen LogP) is 2.75. The Morgan fingerprint density at radius 3 is 2.75 bits per heavy atom. The molecule has 5 heteroatoms. The number of halogens is 1. The molecule has 1 N–H and O–H groups in total. The van der Waals surface area contributed by atoms with Gasteiger partial charge in [0.25, 0.3) is 5.89 Å². The molecule has 1 aromatic carbocycles. The normalized spacial score (nSPS) is 12.8. The molecule has 84 valence electrons. The Kier molecular flexibility index (Phi) is 2.94. The lowest BCUT2D eigenvalue weighted by Gasteiger charge is -1.99. The van der Waals surface area contributed by atoms with Crippen LogP contribution in [0.4, 0.5) is 0 Å². The lowest BCUT2D eigenvalue weighted by atomic mass is 10.1. The number of benzene rings is 1. The molecule has 1 atom stereocenters. The van der Waals surface area contributed by atoms with Gasteiger partial charge in [-0.15, -0.1) is 0 Å². The van der Waals surface area contributed by atoms with Crippen molar-refractivity contribution in [3.63, 3.8) is 0 Å². The minimum atomic E-state index is -0.748. The average Bonchev–Trinajstić information content (AvgIpc) is 2.66. The topological polar surface area (TPSA) is 59.2 Å². The molecular formula is C11H11ClN2O2. The molecule has 0 bridgehead atoms. The Labute approximate surface area is 97.9 Å². The summed E-state index contributed by atoms with van der Waals surface area (Å²) in [6, 6.07) is 5.55. The van der Waals surface area contributed by atoms with E-state index in [0.717, 1.165) is 5.56 Å². The Hall–Kier alpha value is -1.39. The minimum absolute atomic E-state index is 0.256. The van der Waals surface area contributed by atoms with Crippen molar-refractivity contribution in [2.45, 2.75) is 20.0 Å². The van der Waals surface area contributed by atoms with Crippen molar-refractivity contribution in [2.75, 3.05) is 0 Å². The molecule has 0 aliphatic rings. The smallest absolute Gasteiger partial charge is 0.259 e. The van der Waals surface area contributed by atoms with E-state index in [1.165, 1.54) is 0 Å². The third-order valence-corrected chi connectivity index (χ3v) is 2.48. The predicted molar refractivity (Wildman–Crippen MR) is 60.1 cm³/mol. The number of aliphatic hydroxyl groups excluding tert-OH is 1.